The number of nitrogens with one attached hydrogen (secondary N) is 1. The van der Waals surface area contributed by atoms with Gasteiger partial charge in [0.25, 0.3) is 0 Å². The van der Waals surface area contributed by atoms with Crippen molar-refractivity contribution in [2.75, 3.05) is 5.32 Å². The molecule has 0 unspecified atom stereocenters. The van der Waals surface area contributed by atoms with E-state index in [1.54, 1.807) is 31.3 Å². The minimum absolute atomic E-state index is 0.0902. The molecule has 0 bridgehead atoms. The number of anilines is 1. The van der Waals surface area contributed by atoms with Crippen molar-refractivity contribution in [2.45, 2.75) is 31.1 Å². The van der Waals surface area contributed by atoms with E-state index in [0.717, 1.165) is 6.07 Å². The van der Waals surface area contributed by atoms with E-state index < -0.39 is 35.9 Å². The first kappa shape index (κ1) is 21.3. The van der Waals surface area contributed by atoms with Crippen molar-refractivity contribution in [3.63, 3.8) is 0 Å². The zero-order chi connectivity index (χ0) is 22.2. The number of alkyl halides is 2. The molecule has 0 aliphatic heterocycles. The van der Waals surface area contributed by atoms with Gasteiger partial charge >= 0.3 is 0 Å². The number of nitrogens with zero attached hydrogens (tertiary/aromatic N) is 4. The highest BCUT2D eigenvalue weighted by Crippen LogP contribution is 2.46. The Morgan fingerprint density at radius 1 is 1.26 bits per heavy atom. The molecule has 1 aliphatic rings. The van der Waals surface area contributed by atoms with Crippen molar-refractivity contribution >= 4 is 23.2 Å². The molecule has 1 heterocycles. The van der Waals surface area contributed by atoms with Crippen LogP contribution in [-0.4, -0.2) is 32.0 Å². The molecule has 162 valence electrons. The largest absolute Gasteiger partial charge is 0.323 e. The van der Waals surface area contributed by atoms with Crippen LogP contribution in [0.15, 0.2) is 42.5 Å². The Morgan fingerprint density at radius 3 is 2.61 bits per heavy atom. The van der Waals surface area contributed by atoms with Gasteiger partial charge in [-0.1, -0.05) is 35.9 Å². The van der Waals surface area contributed by atoms with Crippen LogP contribution >= 0.6 is 11.6 Å². The maximum Gasteiger partial charge on any atom is 0.248 e. The molecule has 6 nitrogen and oxygen atoms in total. The Labute approximate surface area is 181 Å². The lowest BCUT2D eigenvalue weighted by Crippen LogP contribution is -2.28. The molecule has 1 saturated carbocycles. The molecular formula is C21H19ClF3N5O. The first-order valence-electron chi connectivity index (χ1n) is 9.70. The van der Waals surface area contributed by atoms with E-state index in [1.807, 2.05) is 0 Å². The van der Waals surface area contributed by atoms with Crippen LogP contribution < -0.4 is 5.32 Å². The second-order valence-corrected chi connectivity index (χ2v) is 8.11. The van der Waals surface area contributed by atoms with E-state index in [1.165, 1.54) is 16.9 Å². The van der Waals surface area contributed by atoms with Crippen molar-refractivity contribution in [2.24, 2.45) is 13.0 Å². The van der Waals surface area contributed by atoms with Gasteiger partial charge in [0.05, 0.1) is 18.7 Å². The first-order valence-corrected chi connectivity index (χ1v) is 10.1. The Morgan fingerprint density at radius 2 is 2.00 bits per heavy atom. The first-order chi connectivity index (χ1) is 14.7. The third-order valence-corrected chi connectivity index (χ3v) is 5.65. The van der Waals surface area contributed by atoms with Gasteiger partial charge in [-0.3, -0.25) is 4.79 Å². The number of hydrogen-bond donors (Lipinski definition) is 1. The van der Waals surface area contributed by atoms with Gasteiger partial charge in [-0.2, -0.15) is 4.80 Å². The number of tetrazole rings is 1. The third kappa shape index (κ3) is 4.71. The Balaban J connectivity index is 1.64. The molecule has 1 fully saturated rings. The molecule has 1 N–H and O–H groups in total. The maximum absolute atomic E-state index is 14.1. The lowest BCUT2D eigenvalue weighted by Gasteiger charge is -2.24. The monoisotopic (exact) mass is 449 g/mol. The van der Waals surface area contributed by atoms with Crippen molar-refractivity contribution in [1.82, 2.24) is 20.2 Å². The number of carbonyl (C=O) groups excluding carboxylic acids is 1. The average Bonchev–Trinajstić information content (AvgIpc) is 3.30. The summed E-state index contributed by atoms with van der Waals surface area (Å²) in [6.07, 6.45) is -0.498. The van der Waals surface area contributed by atoms with E-state index in [2.05, 4.69) is 20.7 Å². The van der Waals surface area contributed by atoms with Gasteiger partial charge in [-0.05, 0) is 41.3 Å². The van der Waals surface area contributed by atoms with Crippen LogP contribution in [0.25, 0.3) is 11.4 Å². The summed E-state index contributed by atoms with van der Waals surface area (Å²) >= 11 is 5.90. The summed E-state index contributed by atoms with van der Waals surface area (Å²) in [6.45, 7) is 0. The summed E-state index contributed by atoms with van der Waals surface area (Å²) in [5.41, 5.74) is 1.14. The topological polar surface area (TPSA) is 72.7 Å². The summed E-state index contributed by atoms with van der Waals surface area (Å²) in [4.78, 5) is 14.4. The lowest BCUT2D eigenvalue weighted by molar-refractivity contribution is -0.118. The molecule has 0 radical (unpaired) electrons. The molecular weight excluding hydrogens is 431 g/mol. The van der Waals surface area contributed by atoms with Crippen molar-refractivity contribution in [3.05, 3.63) is 58.9 Å². The molecule has 1 aliphatic carbocycles. The number of halogens is 4. The van der Waals surface area contributed by atoms with Gasteiger partial charge in [0, 0.05) is 23.4 Å². The molecule has 2 aromatic carbocycles. The van der Waals surface area contributed by atoms with Crippen LogP contribution in [-0.2, 0) is 11.8 Å². The summed E-state index contributed by atoms with van der Waals surface area (Å²) in [7, 11) is 1.64. The SMILES string of the molecule is Cn1nnc(-c2ccc([C@@H](C(=O)Nc3cc(Cl)ccc3F)[C@H]3CCC(F)(F)C3)cc2)n1. The van der Waals surface area contributed by atoms with Gasteiger partial charge < -0.3 is 5.32 Å². The minimum Gasteiger partial charge on any atom is -0.323 e. The standard InChI is InChI=1S/C21H19ClF3N5O/c1-30-28-19(27-29-30)13-4-2-12(3-5-13)18(14-8-9-21(24,25)11-14)20(31)26-17-10-15(22)6-7-16(17)23/h2-7,10,14,18H,8-9,11H2,1H3,(H,26,31)/t14-,18+/m0/s1. The number of benzene rings is 2. The molecule has 1 aromatic heterocycles. The number of carbonyl (C=O) groups is 1. The molecule has 0 spiro atoms. The summed E-state index contributed by atoms with van der Waals surface area (Å²) < 4.78 is 42.0. The maximum atomic E-state index is 14.1. The van der Waals surface area contributed by atoms with E-state index in [9.17, 15) is 18.0 Å². The molecule has 10 heteroatoms. The summed E-state index contributed by atoms with van der Waals surface area (Å²) in [5.74, 6) is -5.10. The Bertz CT molecular complexity index is 1100. The summed E-state index contributed by atoms with van der Waals surface area (Å²) in [5, 5.41) is 14.6. The molecule has 2 atom stereocenters. The molecule has 0 saturated heterocycles. The van der Waals surface area contributed by atoms with E-state index in [-0.39, 0.29) is 23.6 Å². The van der Waals surface area contributed by atoms with Crippen molar-refractivity contribution in [3.8, 4) is 11.4 Å². The fraction of sp³-hybridized carbons (Fsp3) is 0.333. The van der Waals surface area contributed by atoms with E-state index >= 15 is 0 Å². The zero-order valence-electron chi connectivity index (χ0n) is 16.5. The van der Waals surface area contributed by atoms with Crippen LogP contribution in [0, 0.1) is 11.7 Å². The number of amides is 1. The van der Waals surface area contributed by atoms with Crippen LogP contribution in [0.3, 0.4) is 0 Å². The third-order valence-electron chi connectivity index (χ3n) is 5.42. The Kier molecular flexibility index (Phi) is 5.70. The van der Waals surface area contributed by atoms with Crippen LogP contribution in [0.2, 0.25) is 5.02 Å². The van der Waals surface area contributed by atoms with Gasteiger partial charge in [0.2, 0.25) is 17.7 Å². The van der Waals surface area contributed by atoms with E-state index in [0.29, 0.717) is 17.0 Å². The normalized spacial score (nSPS) is 18.7. The second kappa shape index (κ2) is 8.30. The fourth-order valence-corrected chi connectivity index (χ4v) is 4.12. The van der Waals surface area contributed by atoms with Gasteiger partial charge in [0.1, 0.15) is 5.82 Å². The van der Waals surface area contributed by atoms with Crippen molar-refractivity contribution in [1.29, 1.82) is 0 Å². The van der Waals surface area contributed by atoms with Gasteiger partial charge in [-0.25, -0.2) is 13.2 Å². The lowest BCUT2D eigenvalue weighted by atomic mass is 9.83. The predicted octanol–water partition coefficient (Wildman–Crippen LogP) is 4.83. The number of rotatable bonds is 5. The van der Waals surface area contributed by atoms with Crippen LogP contribution in [0.5, 0.6) is 0 Å². The van der Waals surface area contributed by atoms with Gasteiger partial charge in [-0.15, -0.1) is 10.2 Å². The van der Waals surface area contributed by atoms with Crippen LogP contribution in [0.1, 0.15) is 30.7 Å². The predicted molar refractivity (Wildman–Crippen MR) is 109 cm³/mol. The Hall–Kier alpha value is -2.94. The summed E-state index contributed by atoms with van der Waals surface area (Å²) in [6, 6.07) is 10.6. The highest BCUT2D eigenvalue weighted by Gasteiger charge is 2.45. The molecule has 31 heavy (non-hydrogen) atoms. The highest BCUT2D eigenvalue weighted by molar-refractivity contribution is 6.30. The van der Waals surface area contributed by atoms with Crippen LogP contribution in [0.4, 0.5) is 18.9 Å². The second-order valence-electron chi connectivity index (χ2n) is 7.67. The fourth-order valence-electron chi connectivity index (χ4n) is 3.95. The number of aryl methyl sites for hydroxylation is 1. The molecule has 3 aromatic rings. The molecule has 4 rings (SSSR count). The molecule has 1 amide bonds. The number of hydrogen-bond acceptors (Lipinski definition) is 4. The van der Waals surface area contributed by atoms with Crippen molar-refractivity contribution < 1.29 is 18.0 Å². The highest BCUT2D eigenvalue weighted by atomic mass is 35.5. The van der Waals surface area contributed by atoms with Gasteiger partial charge in [0.15, 0.2) is 0 Å². The zero-order valence-corrected chi connectivity index (χ0v) is 17.3. The minimum atomic E-state index is -2.83. The quantitative estimate of drug-likeness (QED) is 0.605. The number of aromatic nitrogens is 4. The van der Waals surface area contributed by atoms with E-state index in [4.69, 9.17) is 11.6 Å². The average molecular weight is 450 g/mol. The smallest absolute Gasteiger partial charge is 0.248 e.